The number of likely N-dealkylation sites (N-methyl/N-ethyl adjacent to an activating group) is 1. The molecule has 0 saturated heterocycles. The maximum absolute atomic E-state index is 12.5. The van der Waals surface area contributed by atoms with Crippen molar-refractivity contribution in [3.63, 3.8) is 0 Å². The minimum atomic E-state index is -3.84. The van der Waals surface area contributed by atoms with Crippen molar-refractivity contribution in [3.8, 4) is 11.5 Å². The summed E-state index contributed by atoms with van der Waals surface area (Å²) in [5.74, 6) is 0.605. The van der Waals surface area contributed by atoms with E-state index < -0.39 is 10.0 Å². The number of rotatable bonds is 7. The van der Waals surface area contributed by atoms with E-state index in [1.54, 1.807) is 11.0 Å². The molecule has 1 amide bonds. The van der Waals surface area contributed by atoms with E-state index >= 15 is 0 Å². The van der Waals surface area contributed by atoms with Crippen molar-refractivity contribution >= 4 is 15.9 Å². The highest BCUT2D eigenvalue weighted by molar-refractivity contribution is 7.89. The highest BCUT2D eigenvalue weighted by atomic mass is 32.2. The average Bonchev–Trinajstić information content (AvgIpc) is 2.70. The molecular weight excluding hydrogens is 368 g/mol. The zero-order chi connectivity index (χ0) is 19.3. The molecule has 8 heteroatoms. The summed E-state index contributed by atoms with van der Waals surface area (Å²) in [6, 6.07) is 14.0. The van der Waals surface area contributed by atoms with Crippen molar-refractivity contribution < 1.29 is 22.7 Å². The minimum absolute atomic E-state index is 0.0330. The highest BCUT2D eigenvalue weighted by Gasteiger charge is 2.21. The lowest BCUT2D eigenvalue weighted by molar-refractivity contribution is -0.130. The molecule has 0 spiro atoms. The monoisotopic (exact) mass is 390 g/mol. The molecule has 1 N–H and O–H groups in total. The van der Waals surface area contributed by atoms with Gasteiger partial charge in [0.25, 0.3) is 0 Å². The average molecular weight is 390 g/mol. The second kappa shape index (κ2) is 8.41. The van der Waals surface area contributed by atoms with Crippen LogP contribution >= 0.6 is 0 Å². The Labute approximate surface area is 158 Å². The second-order valence-electron chi connectivity index (χ2n) is 6.02. The minimum Gasteiger partial charge on any atom is -0.486 e. The number of nitrogens with zero attached hydrogens (tertiary/aromatic N) is 1. The zero-order valence-electron chi connectivity index (χ0n) is 15.1. The van der Waals surface area contributed by atoms with Gasteiger partial charge >= 0.3 is 0 Å². The molecule has 144 valence electrons. The number of hydrogen-bond acceptors (Lipinski definition) is 5. The Morgan fingerprint density at radius 1 is 1.07 bits per heavy atom. The van der Waals surface area contributed by atoms with E-state index in [1.807, 2.05) is 37.3 Å². The van der Waals surface area contributed by atoms with Gasteiger partial charge in [-0.3, -0.25) is 4.79 Å². The van der Waals surface area contributed by atoms with Crippen molar-refractivity contribution in [2.24, 2.45) is 0 Å². The number of ether oxygens (including phenoxy) is 2. The summed E-state index contributed by atoms with van der Waals surface area (Å²) >= 11 is 0. The molecule has 3 rings (SSSR count). The van der Waals surface area contributed by atoms with E-state index in [2.05, 4.69) is 4.72 Å². The summed E-state index contributed by atoms with van der Waals surface area (Å²) in [5, 5.41) is 0. The molecule has 1 aliphatic rings. The SMILES string of the molecule is CCN(Cc1ccccc1)C(=O)CNS(=O)(=O)c1ccc2c(c1)OCCO2. The number of fused-ring (bicyclic) bond motifs is 1. The van der Waals surface area contributed by atoms with Gasteiger partial charge in [0, 0.05) is 19.2 Å². The Balaban J connectivity index is 1.64. The molecule has 0 bridgehead atoms. The summed E-state index contributed by atoms with van der Waals surface area (Å²) in [4.78, 5) is 14.1. The third-order valence-electron chi connectivity index (χ3n) is 4.19. The van der Waals surface area contributed by atoms with Crippen LogP contribution in [0.5, 0.6) is 11.5 Å². The molecule has 27 heavy (non-hydrogen) atoms. The van der Waals surface area contributed by atoms with Gasteiger partial charge in [-0.25, -0.2) is 13.1 Å². The fourth-order valence-electron chi connectivity index (χ4n) is 2.72. The number of benzene rings is 2. The van der Waals surface area contributed by atoms with Crippen molar-refractivity contribution in [1.82, 2.24) is 9.62 Å². The van der Waals surface area contributed by atoms with Crippen LogP contribution in [0, 0.1) is 0 Å². The summed E-state index contributed by atoms with van der Waals surface area (Å²) in [6.07, 6.45) is 0. The predicted molar refractivity (Wildman–Crippen MR) is 100 cm³/mol. The van der Waals surface area contributed by atoms with Crippen molar-refractivity contribution in [2.45, 2.75) is 18.4 Å². The standard InChI is InChI=1S/C19H22N2O5S/c1-2-21(14-15-6-4-3-5-7-15)19(22)13-20-27(23,24)16-8-9-17-18(12-16)26-11-10-25-17/h3-9,12,20H,2,10-11,13-14H2,1H3. The van der Waals surface area contributed by atoms with Gasteiger partial charge in [0.1, 0.15) is 13.2 Å². The molecule has 1 aliphatic heterocycles. The number of amides is 1. The van der Waals surface area contributed by atoms with Gasteiger partial charge in [0.15, 0.2) is 11.5 Å². The van der Waals surface area contributed by atoms with Crippen molar-refractivity contribution in [2.75, 3.05) is 26.3 Å². The molecule has 1 heterocycles. The van der Waals surface area contributed by atoms with E-state index in [0.29, 0.717) is 37.8 Å². The Bertz CT molecular complexity index is 900. The lowest BCUT2D eigenvalue weighted by Crippen LogP contribution is -2.39. The molecule has 7 nitrogen and oxygen atoms in total. The largest absolute Gasteiger partial charge is 0.486 e. The molecule has 0 fully saturated rings. The first-order chi connectivity index (χ1) is 13.0. The van der Waals surface area contributed by atoms with Gasteiger partial charge in [0.05, 0.1) is 11.4 Å². The van der Waals surface area contributed by atoms with Gasteiger partial charge in [-0.05, 0) is 24.6 Å². The lowest BCUT2D eigenvalue weighted by atomic mass is 10.2. The van der Waals surface area contributed by atoms with Gasteiger partial charge in [-0.2, -0.15) is 0 Å². The number of carbonyl (C=O) groups is 1. The smallest absolute Gasteiger partial charge is 0.241 e. The van der Waals surface area contributed by atoms with E-state index in [9.17, 15) is 13.2 Å². The van der Waals surface area contributed by atoms with Gasteiger partial charge < -0.3 is 14.4 Å². The van der Waals surface area contributed by atoms with E-state index in [1.165, 1.54) is 12.1 Å². The Morgan fingerprint density at radius 2 is 1.78 bits per heavy atom. The number of hydrogen-bond donors (Lipinski definition) is 1. The van der Waals surface area contributed by atoms with Crippen LogP contribution in [0.4, 0.5) is 0 Å². The molecule has 0 radical (unpaired) electrons. The maximum atomic E-state index is 12.5. The molecule has 0 aliphatic carbocycles. The van der Waals surface area contributed by atoms with Crippen LogP contribution in [0.25, 0.3) is 0 Å². The number of sulfonamides is 1. The fraction of sp³-hybridized carbons (Fsp3) is 0.316. The van der Waals surface area contributed by atoms with Crippen LogP contribution in [0.15, 0.2) is 53.4 Å². The second-order valence-corrected chi connectivity index (χ2v) is 7.79. The molecule has 2 aromatic rings. The maximum Gasteiger partial charge on any atom is 0.241 e. The quantitative estimate of drug-likeness (QED) is 0.779. The predicted octanol–water partition coefficient (Wildman–Crippen LogP) is 1.78. The summed E-state index contributed by atoms with van der Waals surface area (Å²) in [7, 11) is -3.84. The van der Waals surface area contributed by atoms with Crippen LogP contribution in [-0.2, 0) is 21.4 Å². The van der Waals surface area contributed by atoms with Gasteiger partial charge in [-0.15, -0.1) is 0 Å². The molecule has 0 saturated carbocycles. The fourth-order valence-corrected chi connectivity index (χ4v) is 3.71. The van der Waals surface area contributed by atoms with E-state index in [0.717, 1.165) is 5.56 Å². The Kier molecular flexibility index (Phi) is 5.98. The first-order valence-corrected chi connectivity index (χ1v) is 10.2. The van der Waals surface area contributed by atoms with Crippen LogP contribution in [0.3, 0.4) is 0 Å². The highest BCUT2D eigenvalue weighted by Crippen LogP contribution is 2.32. The lowest BCUT2D eigenvalue weighted by Gasteiger charge is -2.21. The third kappa shape index (κ3) is 4.78. The normalized spacial score (nSPS) is 13.2. The number of nitrogens with one attached hydrogen (secondary N) is 1. The zero-order valence-corrected chi connectivity index (χ0v) is 15.9. The van der Waals surface area contributed by atoms with Crippen molar-refractivity contribution in [3.05, 3.63) is 54.1 Å². The van der Waals surface area contributed by atoms with Crippen LogP contribution in [-0.4, -0.2) is 45.5 Å². The number of carbonyl (C=O) groups excluding carboxylic acids is 1. The van der Waals surface area contributed by atoms with Gasteiger partial charge in [0.2, 0.25) is 15.9 Å². The molecule has 0 unspecified atom stereocenters. The Morgan fingerprint density at radius 3 is 2.48 bits per heavy atom. The molecular formula is C19H22N2O5S. The van der Waals surface area contributed by atoms with E-state index in [-0.39, 0.29) is 17.3 Å². The Hall–Kier alpha value is -2.58. The van der Waals surface area contributed by atoms with Crippen molar-refractivity contribution in [1.29, 1.82) is 0 Å². The third-order valence-corrected chi connectivity index (χ3v) is 5.59. The summed E-state index contributed by atoms with van der Waals surface area (Å²) in [6.45, 7) is 3.27. The first kappa shape index (κ1) is 19.2. The molecule has 0 atom stereocenters. The summed E-state index contributed by atoms with van der Waals surface area (Å²) < 4.78 is 38.2. The van der Waals surface area contributed by atoms with E-state index in [4.69, 9.17) is 9.47 Å². The summed E-state index contributed by atoms with van der Waals surface area (Å²) in [5.41, 5.74) is 0.988. The topological polar surface area (TPSA) is 84.9 Å². The first-order valence-electron chi connectivity index (χ1n) is 8.70. The molecule has 0 aromatic heterocycles. The molecule has 2 aromatic carbocycles. The van der Waals surface area contributed by atoms with Gasteiger partial charge in [-0.1, -0.05) is 30.3 Å². The van der Waals surface area contributed by atoms with Crippen LogP contribution < -0.4 is 14.2 Å². The van der Waals surface area contributed by atoms with Crippen LogP contribution in [0.1, 0.15) is 12.5 Å². The van der Waals surface area contributed by atoms with Crippen LogP contribution in [0.2, 0.25) is 0 Å².